The summed E-state index contributed by atoms with van der Waals surface area (Å²) < 4.78 is 1.64. The highest BCUT2D eigenvalue weighted by molar-refractivity contribution is 5.94. The van der Waals surface area contributed by atoms with Crippen LogP contribution in [0.5, 0.6) is 0 Å². The first-order valence-corrected chi connectivity index (χ1v) is 6.98. The van der Waals surface area contributed by atoms with Crippen molar-refractivity contribution in [2.24, 2.45) is 0 Å². The summed E-state index contributed by atoms with van der Waals surface area (Å²) in [5, 5.41) is 2.79. The second-order valence-corrected chi connectivity index (χ2v) is 4.87. The number of hydrogen-bond donors (Lipinski definition) is 2. The number of nitrogens with zero attached hydrogens (tertiary/aromatic N) is 3. The number of rotatable bonds is 4. The van der Waals surface area contributed by atoms with Gasteiger partial charge in [-0.15, -0.1) is 0 Å². The van der Waals surface area contributed by atoms with Gasteiger partial charge < -0.3 is 14.9 Å². The van der Waals surface area contributed by atoms with Crippen molar-refractivity contribution in [2.45, 2.75) is 6.54 Å². The molecule has 2 heterocycles. The standard InChI is InChI=1S/C16H13N5O2/c1-17-12-9-21(14-13(12)19-10-20-16(14)23)8-7-18-15(22)11-5-3-2-4-6-11/h2-6,9-10H,7-8H2,(H,18,22)(H,19,20,23). The maximum Gasteiger partial charge on any atom is 0.273 e. The molecule has 1 aromatic carbocycles. The van der Waals surface area contributed by atoms with E-state index < -0.39 is 0 Å². The molecule has 23 heavy (non-hydrogen) atoms. The Bertz CT molecular complexity index is 950. The molecule has 7 heteroatoms. The molecule has 7 nitrogen and oxygen atoms in total. The lowest BCUT2D eigenvalue weighted by Gasteiger charge is -2.07. The van der Waals surface area contributed by atoms with Crippen LogP contribution >= 0.6 is 0 Å². The van der Waals surface area contributed by atoms with E-state index in [0.717, 1.165) is 0 Å². The van der Waals surface area contributed by atoms with Crippen molar-refractivity contribution < 1.29 is 4.79 Å². The molecule has 0 spiro atoms. The molecule has 3 aromatic rings. The van der Waals surface area contributed by atoms with Crippen molar-refractivity contribution in [2.75, 3.05) is 6.54 Å². The van der Waals surface area contributed by atoms with Crippen molar-refractivity contribution in [3.05, 3.63) is 70.2 Å². The van der Waals surface area contributed by atoms with Crippen LogP contribution in [0.3, 0.4) is 0 Å². The molecule has 0 atom stereocenters. The number of fused-ring (bicyclic) bond motifs is 1. The SMILES string of the molecule is [C-]#[N+]c1cn(CCNC(=O)c2ccccc2)c2c(=O)[nH]cnc12. The van der Waals surface area contributed by atoms with Crippen molar-refractivity contribution in [3.63, 3.8) is 0 Å². The quantitative estimate of drug-likeness (QED) is 0.720. The summed E-state index contributed by atoms with van der Waals surface area (Å²) in [6.45, 7) is 7.87. The van der Waals surface area contributed by atoms with Gasteiger partial charge in [0, 0.05) is 24.8 Å². The number of aromatic amines is 1. The van der Waals surface area contributed by atoms with E-state index in [0.29, 0.717) is 35.4 Å². The van der Waals surface area contributed by atoms with Gasteiger partial charge in [0.15, 0.2) is 0 Å². The summed E-state index contributed by atoms with van der Waals surface area (Å²) >= 11 is 0. The number of benzene rings is 1. The van der Waals surface area contributed by atoms with Crippen LogP contribution in [0.25, 0.3) is 15.9 Å². The van der Waals surface area contributed by atoms with Crippen LogP contribution in [0.4, 0.5) is 5.69 Å². The van der Waals surface area contributed by atoms with E-state index in [4.69, 9.17) is 6.57 Å². The molecular weight excluding hydrogens is 294 g/mol. The molecule has 0 unspecified atom stereocenters. The molecule has 1 amide bonds. The van der Waals surface area contributed by atoms with Crippen molar-refractivity contribution in [1.82, 2.24) is 19.9 Å². The zero-order valence-electron chi connectivity index (χ0n) is 12.1. The normalized spacial score (nSPS) is 10.4. The lowest BCUT2D eigenvalue weighted by molar-refractivity contribution is 0.0952. The highest BCUT2D eigenvalue weighted by Crippen LogP contribution is 2.23. The van der Waals surface area contributed by atoms with Crippen LogP contribution in [0.1, 0.15) is 10.4 Å². The Morgan fingerprint density at radius 2 is 2.13 bits per heavy atom. The van der Waals surface area contributed by atoms with Gasteiger partial charge in [-0.3, -0.25) is 9.59 Å². The maximum absolute atomic E-state index is 12.0. The zero-order chi connectivity index (χ0) is 16.2. The van der Waals surface area contributed by atoms with E-state index in [1.54, 1.807) is 35.0 Å². The van der Waals surface area contributed by atoms with Gasteiger partial charge in [-0.25, -0.2) is 9.83 Å². The van der Waals surface area contributed by atoms with Crippen LogP contribution < -0.4 is 10.9 Å². The summed E-state index contributed by atoms with van der Waals surface area (Å²) in [5.41, 5.74) is 1.30. The van der Waals surface area contributed by atoms with Crippen molar-refractivity contribution in [1.29, 1.82) is 0 Å². The van der Waals surface area contributed by atoms with Gasteiger partial charge in [0.25, 0.3) is 11.5 Å². The monoisotopic (exact) mass is 307 g/mol. The molecule has 3 rings (SSSR count). The summed E-state index contributed by atoms with van der Waals surface area (Å²) in [4.78, 5) is 33.8. The van der Waals surface area contributed by atoms with E-state index in [1.165, 1.54) is 6.33 Å². The Hall–Kier alpha value is -3.40. The molecule has 0 aliphatic carbocycles. The van der Waals surface area contributed by atoms with Gasteiger partial charge in [-0.1, -0.05) is 18.2 Å². The fraction of sp³-hybridized carbons (Fsp3) is 0.125. The Kier molecular flexibility index (Phi) is 3.89. The lowest BCUT2D eigenvalue weighted by Crippen LogP contribution is -2.27. The van der Waals surface area contributed by atoms with Crippen molar-refractivity contribution in [3.8, 4) is 0 Å². The fourth-order valence-electron chi connectivity index (χ4n) is 2.36. The Morgan fingerprint density at radius 1 is 1.35 bits per heavy atom. The van der Waals surface area contributed by atoms with Crippen LogP contribution in [0.15, 0.2) is 47.7 Å². The Balaban J connectivity index is 1.77. The smallest absolute Gasteiger partial charge is 0.273 e. The van der Waals surface area contributed by atoms with Gasteiger partial charge in [0.05, 0.1) is 12.9 Å². The van der Waals surface area contributed by atoms with Gasteiger partial charge >= 0.3 is 0 Å². The number of nitrogens with one attached hydrogen (secondary N) is 2. The number of carbonyl (C=O) groups excluding carboxylic acids is 1. The molecule has 2 aromatic heterocycles. The first-order chi connectivity index (χ1) is 11.2. The van der Waals surface area contributed by atoms with E-state index in [9.17, 15) is 9.59 Å². The van der Waals surface area contributed by atoms with Crippen molar-refractivity contribution >= 4 is 22.6 Å². The zero-order valence-corrected chi connectivity index (χ0v) is 12.1. The van der Waals surface area contributed by atoms with Gasteiger partial charge in [-0.2, -0.15) is 0 Å². The van der Waals surface area contributed by atoms with Crippen LogP contribution in [0.2, 0.25) is 0 Å². The van der Waals surface area contributed by atoms with E-state index in [1.807, 2.05) is 6.07 Å². The fourth-order valence-corrected chi connectivity index (χ4v) is 2.36. The predicted molar refractivity (Wildman–Crippen MR) is 85.4 cm³/mol. The topological polar surface area (TPSA) is 84.1 Å². The second kappa shape index (κ2) is 6.15. The first-order valence-electron chi connectivity index (χ1n) is 6.98. The number of H-pyrrole nitrogens is 1. The Labute approximate surface area is 131 Å². The van der Waals surface area contributed by atoms with Gasteiger partial charge in [0.1, 0.15) is 11.0 Å². The minimum absolute atomic E-state index is 0.181. The molecule has 0 aliphatic rings. The number of carbonyl (C=O) groups is 1. The molecule has 0 fully saturated rings. The molecule has 0 radical (unpaired) electrons. The van der Waals surface area contributed by atoms with Crippen LogP contribution in [-0.4, -0.2) is 27.0 Å². The molecule has 0 saturated carbocycles. The number of hydrogen-bond acceptors (Lipinski definition) is 3. The minimum Gasteiger partial charge on any atom is -0.351 e. The van der Waals surface area contributed by atoms with Gasteiger partial charge in [-0.05, 0) is 12.1 Å². The number of aromatic nitrogens is 3. The second-order valence-electron chi connectivity index (χ2n) is 4.87. The average molecular weight is 307 g/mol. The predicted octanol–water partition coefficient (Wildman–Crippen LogP) is 1.71. The molecule has 0 aliphatic heterocycles. The highest BCUT2D eigenvalue weighted by Gasteiger charge is 2.13. The lowest BCUT2D eigenvalue weighted by atomic mass is 10.2. The first kappa shape index (κ1) is 14.5. The summed E-state index contributed by atoms with van der Waals surface area (Å²) in [6, 6.07) is 8.88. The third-order valence-corrected chi connectivity index (χ3v) is 3.43. The van der Waals surface area contributed by atoms with Crippen LogP contribution in [-0.2, 0) is 6.54 Å². The van der Waals surface area contributed by atoms with E-state index in [2.05, 4.69) is 20.1 Å². The average Bonchev–Trinajstić information content (AvgIpc) is 2.95. The summed E-state index contributed by atoms with van der Waals surface area (Å²) in [7, 11) is 0. The summed E-state index contributed by atoms with van der Waals surface area (Å²) in [5.74, 6) is -0.181. The third kappa shape index (κ3) is 2.82. The molecule has 114 valence electrons. The molecule has 2 N–H and O–H groups in total. The highest BCUT2D eigenvalue weighted by atomic mass is 16.1. The Morgan fingerprint density at radius 3 is 2.87 bits per heavy atom. The maximum atomic E-state index is 12.0. The molecule has 0 bridgehead atoms. The van der Waals surface area contributed by atoms with E-state index >= 15 is 0 Å². The molecular formula is C16H13N5O2. The largest absolute Gasteiger partial charge is 0.351 e. The van der Waals surface area contributed by atoms with Gasteiger partial charge in [0.2, 0.25) is 5.69 Å². The van der Waals surface area contributed by atoms with Crippen LogP contribution in [0, 0.1) is 6.57 Å². The minimum atomic E-state index is -0.306. The summed E-state index contributed by atoms with van der Waals surface area (Å²) in [6.07, 6.45) is 2.86. The van der Waals surface area contributed by atoms with E-state index in [-0.39, 0.29) is 11.5 Å². The molecule has 0 saturated heterocycles. The number of amides is 1. The third-order valence-electron chi connectivity index (χ3n) is 3.43.